The molecule has 0 fully saturated rings. The summed E-state index contributed by atoms with van der Waals surface area (Å²) in [5, 5.41) is 9.50. The lowest BCUT2D eigenvalue weighted by atomic mass is 10.3. The molecule has 0 aromatic heterocycles. The van der Waals surface area contributed by atoms with Gasteiger partial charge in [-0.15, -0.1) is 0 Å². The Bertz CT molecular complexity index is 665. The molecule has 0 unspecified atom stereocenters. The predicted octanol–water partition coefficient (Wildman–Crippen LogP) is 0.0920. The highest BCUT2D eigenvalue weighted by Gasteiger charge is 2.20. The van der Waals surface area contributed by atoms with Crippen LogP contribution in [0.3, 0.4) is 0 Å². The quantitative estimate of drug-likeness (QED) is 0.662. The molecule has 0 aliphatic carbocycles. The normalized spacial score (nSPS) is 13.8. The molecule has 0 bridgehead atoms. The minimum absolute atomic E-state index is 0.110. The third-order valence-electron chi connectivity index (χ3n) is 2.07. The highest BCUT2D eigenvalue weighted by molar-refractivity contribution is 7.86. The number of benzene rings is 1. The van der Waals surface area contributed by atoms with E-state index < -0.39 is 32.9 Å². The van der Waals surface area contributed by atoms with Gasteiger partial charge in [0, 0.05) is 0 Å². The van der Waals surface area contributed by atoms with Crippen LogP contribution in [0, 0.1) is 0 Å². The molecule has 0 saturated heterocycles. The fraction of sp³-hybridized carbons (Fsp3) is 0.455. The van der Waals surface area contributed by atoms with Crippen LogP contribution < -0.4 is 4.74 Å². The summed E-state index contributed by atoms with van der Waals surface area (Å²) < 4.78 is 58.4. The first-order valence-electron chi connectivity index (χ1n) is 5.70. The minimum atomic E-state index is -3.82. The second kappa shape index (κ2) is 7.07. The Balaban J connectivity index is 2.71. The molecule has 1 aromatic carbocycles. The molecule has 120 valence electrons. The van der Waals surface area contributed by atoms with Crippen molar-refractivity contribution in [1.82, 2.24) is 0 Å². The molecule has 1 rings (SSSR count). The van der Waals surface area contributed by atoms with Crippen LogP contribution in [0.25, 0.3) is 0 Å². The third kappa shape index (κ3) is 7.85. The van der Waals surface area contributed by atoms with Gasteiger partial charge in [-0.25, -0.2) is 0 Å². The average Bonchev–Trinajstić information content (AvgIpc) is 2.32. The minimum Gasteiger partial charge on any atom is -0.504 e. The second-order valence-corrected chi connectivity index (χ2v) is 7.43. The molecule has 8 nitrogen and oxygen atoms in total. The number of hydrogen-bond acceptors (Lipinski definition) is 8. The largest absolute Gasteiger partial charge is 0.504 e. The number of para-hydroxylation sites is 2. The van der Waals surface area contributed by atoms with Gasteiger partial charge in [-0.3, -0.25) is 8.37 Å². The van der Waals surface area contributed by atoms with Gasteiger partial charge in [0.1, 0.15) is 12.7 Å². The topological polar surface area (TPSA) is 116 Å². The highest BCUT2D eigenvalue weighted by Crippen LogP contribution is 2.24. The summed E-state index contributed by atoms with van der Waals surface area (Å²) in [6.07, 6.45) is 0.476. The Kier molecular flexibility index (Phi) is 5.96. The van der Waals surface area contributed by atoms with Crippen molar-refractivity contribution in [3.8, 4) is 11.5 Å². The molecule has 0 heterocycles. The number of phenolic OH excluding ortho intramolecular Hbond substituents is 1. The molecule has 1 aromatic rings. The van der Waals surface area contributed by atoms with Crippen LogP contribution in [-0.2, 0) is 28.6 Å². The number of rotatable bonds is 8. The SMILES string of the molecule is CS(=O)(=O)OC[C@H](COc1ccccc1O)OS(C)(=O)=O. The Hall–Kier alpha value is -1.36. The molecule has 0 aliphatic heterocycles. The van der Waals surface area contributed by atoms with Gasteiger partial charge in [0.15, 0.2) is 11.5 Å². The Labute approximate surface area is 123 Å². The van der Waals surface area contributed by atoms with Crippen LogP contribution in [0.15, 0.2) is 24.3 Å². The third-order valence-corrected chi connectivity index (χ3v) is 3.25. The molecular formula is C11H16O8S2. The zero-order chi connectivity index (χ0) is 16.1. The van der Waals surface area contributed by atoms with Crippen LogP contribution in [0.2, 0.25) is 0 Å². The van der Waals surface area contributed by atoms with Crippen LogP contribution in [0.4, 0.5) is 0 Å². The zero-order valence-corrected chi connectivity index (χ0v) is 13.1. The summed E-state index contributed by atoms with van der Waals surface area (Å²) in [4.78, 5) is 0. The lowest BCUT2D eigenvalue weighted by Gasteiger charge is -2.17. The summed E-state index contributed by atoms with van der Waals surface area (Å²) in [5.74, 6) is -0.0291. The number of aromatic hydroxyl groups is 1. The average molecular weight is 340 g/mol. The molecule has 1 N–H and O–H groups in total. The summed E-state index contributed by atoms with van der Waals surface area (Å²) in [6, 6.07) is 6.03. The van der Waals surface area contributed by atoms with Crippen molar-refractivity contribution < 1.29 is 35.0 Å². The maximum absolute atomic E-state index is 11.1. The number of ether oxygens (including phenoxy) is 1. The van der Waals surface area contributed by atoms with E-state index >= 15 is 0 Å². The molecule has 0 spiro atoms. The van der Waals surface area contributed by atoms with Crippen molar-refractivity contribution in [3.63, 3.8) is 0 Å². The van der Waals surface area contributed by atoms with E-state index in [-0.39, 0.29) is 18.1 Å². The van der Waals surface area contributed by atoms with E-state index in [0.29, 0.717) is 0 Å². The first-order valence-corrected chi connectivity index (χ1v) is 9.33. The van der Waals surface area contributed by atoms with Gasteiger partial charge in [-0.05, 0) is 12.1 Å². The molecular weight excluding hydrogens is 324 g/mol. The molecule has 0 amide bonds. The van der Waals surface area contributed by atoms with E-state index in [4.69, 9.17) is 4.74 Å². The molecule has 1 atom stereocenters. The number of phenols is 1. The monoisotopic (exact) mass is 340 g/mol. The van der Waals surface area contributed by atoms with Crippen molar-refractivity contribution in [2.45, 2.75) is 6.10 Å². The van der Waals surface area contributed by atoms with Gasteiger partial charge >= 0.3 is 0 Å². The van der Waals surface area contributed by atoms with Gasteiger partial charge < -0.3 is 9.84 Å². The van der Waals surface area contributed by atoms with Crippen molar-refractivity contribution in [1.29, 1.82) is 0 Å². The van der Waals surface area contributed by atoms with E-state index in [9.17, 15) is 21.9 Å². The summed E-state index contributed by atoms with van der Waals surface area (Å²) >= 11 is 0. The van der Waals surface area contributed by atoms with E-state index in [1.54, 1.807) is 12.1 Å². The fourth-order valence-electron chi connectivity index (χ4n) is 1.31. The summed E-state index contributed by atoms with van der Waals surface area (Å²) in [6.45, 7) is -0.848. The molecule has 10 heteroatoms. The van der Waals surface area contributed by atoms with Crippen LogP contribution in [0.5, 0.6) is 11.5 Å². The molecule has 0 radical (unpaired) electrons. The van der Waals surface area contributed by atoms with E-state index in [1.165, 1.54) is 12.1 Å². The first kappa shape index (κ1) is 17.7. The standard InChI is InChI=1S/C11H16O8S2/c1-20(13,14)18-8-9(19-21(2,15)16)7-17-11-6-4-3-5-10(11)12/h3-6,9,12H,7-8H2,1-2H3/t9-/m0/s1. The van der Waals surface area contributed by atoms with Gasteiger partial charge in [0.05, 0.1) is 19.1 Å². The predicted molar refractivity (Wildman–Crippen MR) is 74.1 cm³/mol. The van der Waals surface area contributed by atoms with Crippen molar-refractivity contribution >= 4 is 20.2 Å². The Morgan fingerprint density at radius 1 is 1.05 bits per heavy atom. The Morgan fingerprint density at radius 3 is 2.19 bits per heavy atom. The molecule has 0 aliphatic rings. The van der Waals surface area contributed by atoms with E-state index in [0.717, 1.165) is 12.5 Å². The number of hydrogen-bond donors (Lipinski definition) is 1. The smallest absolute Gasteiger partial charge is 0.264 e. The maximum atomic E-state index is 11.1. The van der Waals surface area contributed by atoms with E-state index in [1.807, 2.05) is 0 Å². The second-order valence-electron chi connectivity index (χ2n) is 4.19. The Morgan fingerprint density at radius 2 is 1.67 bits per heavy atom. The highest BCUT2D eigenvalue weighted by atomic mass is 32.2. The summed E-state index contributed by atoms with van der Waals surface area (Å²) in [7, 11) is -7.57. The fourth-order valence-corrected chi connectivity index (χ4v) is 2.32. The van der Waals surface area contributed by atoms with Crippen LogP contribution >= 0.6 is 0 Å². The van der Waals surface area contributed by atoms with Crippen molar-refractivity contribution in [3.05, 3.63) is 24.3 Å². The van der Waals surface area contributed by atoms with Gasteiger partial charge in [0.25, 0.3) is 20.2 Å². The summed E-state index contributed by atoms with van der Waals surface area (Å²) in [5.41, 5.74) is 0. The molecule has 21 heavy (non-hydrogen) atoms. The lowest BCUT2D eigenvalue weighted by molar-refractivity contribution is 0.0885. The van der Waals surface area contributed by atoms with E-state index in [2.05, 4.69) is 8.37 Å². The van der Waals surface area contributed by atoms with Gasteiger partial charge in [0.2, 0.25) is 0 Å². The first-order chi connectivity index (χ1) is 9.57. The van der Waals surface area contributed by atoms with Crippen LogP contribution in [-0.4, -0.2) is 53.8 Å². The van der Waals surface area contributed by atoms with Crippen LogP contribution in [0.1, 0.15) is 0 Å². The van der Waals surface area contributed by atoms with Crippen molar-refractivity contribution in [2.75, 3.05) is 25.7 Å². The van der Waals surface area contributed by atoms with Gasteiger partial charge in [-0.2, -0.15) is 16.8 Å². The lowest BCUT2D eigenvalue weighted by Crippen LogP contribution is -2.30. The van der Waals surface area contributed by atoms with Gasteiger partial charge in [-0.1, -0.05) is 12.1 Å². The molecule has 0 saturated carbocycles. The zero-order valence-electron chi connectivity index (χ0n) is 11.4. The van der Waals surface area contributed by atoms with Crippen molar-refractivity contribution in [2.24, 2.45) is 0 Å². The maximum Gasteiger partial charge on any atom is 0.264 e.